The predicted octanol–water partition coefficient (Wildman–Crippen LogP) is 3.13. The molecule has 0 atom stereocenters. The monoisotopic (exact) mass is 644 g/mol. The molecule has 2 saturated heterocycles. The number of rotatable bonds is 10. The first-order chi connectivity index (χ1) is 21.1. The highest BCUT2D eigenvalue weighted by Crippen LogP contribution is 2.32. The number of amides is 5. The molecule has 44 heavy (non-hydrogen) atoms. The minimum absolute atomic E-state index is 0.108. The number of allylic oxidation sites excluding steroid dienone is 1. The first kappa shape index (κ1) is 32.9. The van der Waals surface area contributed by atoms with Crippen LogP contribution in [0.1, 0.15) is 57.8 Å². The summed E-state index contributed by atoms with van der Waals surface area (Å²) in [6, 6.07) is 5.59. The van der Waals surface area contributed by atoms with Crippen LogP contribution in [-0.4, -0.2) is 73.8 Å². The van der Waals surface area contributed by atoms with Gasteiger partial charge in [-0.3, -0.25) is 28.9 Å². The Bertz CT molecular complexity index is 1300. The van der Waals surface area contributed by atoms with Gasteiger partial charge in [0.2, 0.25) is 0 Å². The molecule has 0 N–H and O–H groups in total. The van der Waals surface area contributed by atoms with Crippen LogP contribution < -0.4 is 0 Å². The Balaban J connectivity index is 0.000000204. The largest absolute Gasteiger partial charge is 0.336 e. The molecule has 13 nitrogen and oxygen atoms in total. The summed E-state index contributed by atoms with van der Waals surface area (Å²) in [6.07, 6.45) is 8.18. The fraction of sp³-hybridized carbons (Fsp3) is 0.448. The molecule has 1 aromatic rings. The van der Waals surface area contributed by atoms with Crippen molar-refractivity contribution in [3.63, 3.8) is 0 Å². The van der Waals surface area contributed by atoms with E-state index in [9.17, 15) is 33.6 Å². The van der Waals surface area contributed by atoms with Crippen LogP contribution in [0.2, 0.25) is 0 Å². The van der Waals surface area contributed by atoms with E-state index in [1.165, 1.54) is 38.6 Å². The average molecular weight is 645 g/mol. The van der Waals surface area contributed by atoms with Gasteiger partial charge < -0.3 is 9.68 Å². The molecule has 3 fully saturated rings. The van der Waals surface area contributed by atoms with Crippen molar-refractivity contribution in [1.82, 2.24) is 20.0 Å². The van der Waals surface area contributed by atoms with Crippen LogP contribution in [0.25, 0.3) is 0 Å². The quantitative estimate of drug-likeness (QED) is 0.208. The van der Waals surface area contributed by atoms with Crippen molar-refractivity contribution in [3.8, 4) is 0 Å². The maximum atomic E-state index is 12.2. The van der Waals surface area contributed by atoms with Gasteiger partial charge in [0.05, 0.1) is 18.0 Å². The van der Waals surface area contributed by atoms with E-state index < -0.39 is 23.8 Å². The first-order valence-electron chi connectivity index (χ1n) is 14.2. The molecule has 1 aromatic heterocycles. The smallest absolute Gasteiger partial charge is 0.333 e. The normalized spacial score (nSPS) is 21.6. The Morgan fingerprint density at radius 1 is 0.864 bits per heavy atom. The van der Waals surface area contributed by atoms with Gasteiger partial charge in [0.15, 0.2) is 0 Å². The van der Waals surface area contributed by atoms with E-state index in [4.69, 9.17) is 9.68 Å². The SMILES string of the molecule is C=C1CCC(=O)N1OC(=O)C1CCC(CN2C(=O)C=CC2=O)CC1.O=C(CCSSc1ccccn1)ON1C(=O)CCC1=O. The zero-order chi connectivity index (χ0) is 31.6. The predicted molar refractivity (Wildman–Crippen MR) is 157 cm³/mol. The van der Waals surface area contributed by atoms with Gasteiger partial charge >= 0.3 is 11.9 Å². The van der Waals surface area contributed by atoms with Crippen molar-refractivity contribution in [2.75, 3.05) is 12.3 Å². The van der Waals surface area contributed by atoms with E-state index in [0.29, 0.717) is 48.7 Å². The maximum Gasteiger partial charge on any atom is 0.336 e. The summed E-state index contributed by atoms with van der Waals surface area (Å²) in [4.78, 5) is 96.3. The minimum atomic E-state index is -0.581. The van der Waals surface area contributed by atoms with Crippen molar-refractivity contribution in [1.29, 1.82) is 0 Å². The maximum absolute atomic E-state index is 12.2. The lowest BCUT2D eigenvalue weighted by molar-refractivity contribution is -0.197. The van der Waals surface area contributed by atoms with E-state index in [2.05, 4.69) is 11.6 Å². The Hall–Kier alpha value is -3.98. The molecule has 0 radical (unpaired) electrons. The molecule has 0 bridgehead atoms. The highest BCUT2D eigenvalue weighted by molar-refractivity contribution is 8.76. The van der Waals surface area contributed by atoms with Gasteiger partial charge in [0.25, 0.3) is 29.5 Å². The van der Waals surface area contributed by atoms with Crippen molar-refractivity contribution >= 4 is 63.1 Å². The highest BCUT2D eigenvalue weighted by atomic mass is 33.1. The second-order valence-corrected chi connectivity index (χ2v) is 12.8. The Labute approximate surface area is 261 Å². The number of carbonyl (C=O) groups excluding carboxylic acids is 7. The third-order valence-electron chi connectivity index (χ3n) is 7.21. The van der Waals surface area contributed by atoms with E-state index >= 15 is 0 Å². The van der Waals surface area contributed by atoms with E-state index in [-0.39, 0.29) is 48.8 Å². The third kappa shape index (κ3) is 9.02. The number of aromatic nitrogens is 1. The summed E-state index contributed by atoms with van der Waals surface area (Å²) in [5.41, 5.74) is 0.514. The second-order valence-electron chi connectivity index (χ2n) is 10.4. The van der Waals surface area contributed by atoms with Crippen molar-refractivity contribution < 1.29 is 43.2 Å². The second kappa shape index (κ2) is 15.7. The number of hydrogen-bond acceptors (Lipinski definition) is 12. The molecular weight excluding hydrogens is 612 g/mol. The van der Waals surface area contributed by atoms with Crippen LogP contribution in [0.4, 0.5) is 0 Å². The highest BCUT2D eigenvalue weighted by Gasteiger charge is 2.35. The molecule has 1 saturated carbocycles. The van der Waals surface area contributed by atoms with Crippen LogP contribution in [0.3, 0.4) is 0 Å². The molecule has 0 unspecified atom stereocenters. The molecule has 4 aliphatic rings. The zero-order valence-corrected chi connectivity index (χ0v) is 25.5. The molecule has 3 aliphatic heterocycles. The number of imide groups is 2. The third-order valence-corrected chi connectivity index (χ3v) is 9.48. The fourth-order valence-electron chi connectivity index (χ4n) is 4.79. The van der Waals surface area contributed by atoms with Crippen LogP contribution in [0, 0.1) is 11.8 Å². The molecule has 0 aromatic carbocycles. The summed E-state index contributed by atoms with van der Waals surface area (Å²) in [6.45, 7) is 4.12. The van der Waals surface area contributed by atoms with Crippen molar-refractivity contribution in [2.45, 2.75) is 62.8 Å². The number of pyridine rings is 1. The van der Waals surface area contributed by atoms with Gasteiger partial charge in [0.1, 0.15) is 5.03 Å². The van der Waals surface area contributed by atoms with Crippen molar-refractivity contribution in [2.24, 2.45) is 11.8 Å². The average Bonchev–Trinajstić information content (AvgIpc) is 3.63. The Morgan fingerprint density at radius 3 is 2.09 bits per heavy atom. The number of hydroxylamine groups is 4. The summed E-state index contributed by atoms with van der Waals surface area (Å²) in [5, 5.41) is 2.44. The molecular formula is C29H32N4O9S2. The fourth-order valence-corrected chi connectivity index (χ4v) is 6.64. The van der Waals surface area contributed by atoms with E-state index in [1.54, 1.807) is 6.20 Å². The minimum Gasteiger partial charge on any atom is -0.333 e. The Kier molecular flexibility index (Phi) is 11.7. The van der Waals surface area contributed by atoms with Crippen LogP contribution in [0.5, 0.6) is 0 Å². The Morgan fingerprint density at radius 2 is 1.50 bits per heavy atom. The molecule has 234 valence electrons. The molecule has 5 rings (SSSR count). The molecule has 0 spiro atoms. The molecule has 15 heteroatoms. The van der Waals surface area contributed by atoms with Gasteiger partial charge in [-0.05, 0) is 60.9 Å². The van der Waals surface area contributed by atoms with Crippen LogP contribution in [-0.2, 0) is 43.2 Å². The van der Waals surface area contributed by atoms with Gasteiger partial charge in [-0.25, -0.2) is 14.6 Å². The zero-order valence-electron chi connectivity index (χ0n) is 23.9. The molecule has 4 heterocycles. The lowest BCUT2D eigenvalue weighted by Gasteiger charge is -2.30. The molecule has 1 aliphatic carbocycles. The summed E-state index contributed by atoms with van der Waals surface area (Å²) in [7, 11) is 2.92. The van der Waals surface area contributed by atoms with Gasteiger partial charge in [-0.1, -0.05) is 23.4 Å². The first-order valence-corrected chi connectivity index (χ1v) is 16.5. The van der Waals surface area contributed by atoms with Crippen molar-refractivity contribution in [3.05, 3.63) is 48.8 Å². The number of hydrogen-bond donors (Lipinski definition) is 0. The van der Waals surface area contributed by atoms with Gasteiger partial charge in [-0.15, -0.1) is 10.1 Å². The van der Waals surface area contributed by atoms with E-state index in [1.807, 2.05) is 18.2 Å². The summed E-state index contributed by atoms with van der Waals surface area (Å²) in [5.74, 6) is -2.23. The summed E-state index contributed by atoms with van der Waals surface area (Å²) >= 11 is 0. The van der Waals surface area contributed by atoms with Crippen LogP contribution in [0.15, 0.2) is 53.8 Å². The summed E-state index contributed by atoms with van der Waals surface area (Å²) < 4.78 is 0. The number of nitrogens with zero attached hydrogens (tertiary/aromatic N) is 4. The molecule has 5 amide bonds. The standard InChI is InChI=1S/C17H20N2O5.C12H12N2O4S2/c1-11-2-7-16(22)19(11)24-17(23)13-5-3-12(4-6-13)10-18-14(20)8-9-15(18)21;15-10-4-5-11(16)14(10)18-12(17)6-8-19-20-9-3-1-2-7-13-9/h8-9,12-13H,1-7,10H2;1-3,7H,4-6,8H2. The van der Waals surface area contributed by atoms with E-state index in [0.717, 1.165) is 22.9 Å². The van der Waals surface area contributed by atoms with Gasteiger partial charge in [0, 0.05) is 49.9 Å². The lowest BCUT2D eigenvalue weighted by Crippen LogP contribution is -2.37. The van der Waals surface area contributed by atoms with Crippen LogP contribution >= 0.6 is 21.6 Å². The number of carbonyl (C=O) groups is 7. The topological polar surface area (TPSA) is 161 Å². The van der Waals surface area contributed by atoms with Gasteiger partial charge in [-0.2, -0.15) is 0 Å². The lowest BCUT2D eigenvalue weighted by atomic mass is 9.82.